The fraction of sp³-hybridized carbons (Fsp3) is 0.250. The minimum Gasteiger partial charge on any atom is -0.383 e. The first kappa shape index (κ1) is 25.3. The molecule has 3 heterocycles. The molecule has 7 nitrogen and oxygen atoms in total. The van der Waals surface area contributed by atoms with E-state index in [2.05, 4.69) is 22.1 Å². The number of thioether (sulfide) groups is 1. The number of rotatable bonds is 8. The van der Waals surface area contributed by atoms with Crippen LogP contribution in [0.15, 0.2) is 71.4 Å². The van der Waals surface area contributed by atoms with Gasteiger partial charge in [0, 0.05) is 24.8 Å². The van der Waals surface area contributed by atoms with Crippen molar-refractivity contribution in [3.63, 3.8) is 0 Å². The Morgan fingerprint density at radius 3 is 2.62 bits per heavy atom. The number of benzene rings is 2. The second-order valence-corrected chi connectivity index (χ2v) is 10.6. The van der Waals surface area contributed by atoms with E-state index in [0.29, 0.717) is 19.0 Å². The number of carbonyl (C=O) groups excluding carboxylic acids is 2. The van der Waals surface area contributed by atoms with Gasteiger partial charge >= 0.3 is 0 Å². The van der Waals surface area contributed by atoms with Gasteiger partial charge in [-0.2, -0.15) is 16.4 Å². The molecule has 0 saturated carbocycles. The Kier molecular flexibility index (Phi) is 7.73. The molecule has 0 spiro atoms. The van der Waals surface area contributed by atoms with Crippen molar-refractivity contribution < 1.29 is 14.3 Å². The van der Waals surface area contributed by atoms with Crippen LogP contribution in [0.3, 0.4) is 0 Å². The number of aryl methyl sites for hydroxylation is 1. The number of ether oxygens (including phenoxy) is 1. The van der Waals surface area contributed by atoms with E-state index in [-0.39, 0.29) is 29.4 Å². The highest BCUT2D eigenvalue weighted by Crippen LogP contribution is 2.48. The summed E-state index contributed by atoms with van der Waals surface area (Å²) in [5, 5.41) is 12.0. The summed E-state index contributed by atoms with van der Waals surface area (Å²) in [5.41, 5.74) is 5.78. The first-order chi connectivity index (χ1) is 18.1. The largest absolute Gasteiger partial charge is 0.383 e. The van der Waals surface area contributed by atoms with Crippen molar-refractivity contribution in [1.29, 1.82) is 0 Å². The fourth-order valence-corrected chi connectivity index (χ4v) is 6.33. The summed E-state index contributed by atoms with van der Waals surface area (Å²) in [7, 11) is 1.59. The predicted molar refractivity (Wildman–Crippen MR) is 150 cm³/mol. The third-order valence-corrected chi connectivity index (χ3v) is 8.15. The molecule has 190 valence electrons. The van der Waals surface area contributed by atoms with Crippen LogP contribution in [-0.4, -0.2) is 54.2 Å². The lowest BCUT2D eigenvalue weighted by Crippen LogP contribution is -2.43. The Balaban J connectivity index is 1.72. The van der Waals surface area contributed by atoms with Crippen molar-refractivity contribution in [1.82, 2.24) is 15.1 Å². The van der Waals surface area contributed by atoms with Crippen molar-refractivity contribution in [2.24, 2.45) is 0 Å². The zero-order valence-electron chi connectivity index (χ0n) is 20.7. The van der Waals surface area contributed by atoms with Gasteiger partial charge in [0.2, 0.25) is 11.8 Å². The van der Waals surface area contributed by atoms with Crippen molar-refractivity contribution in [2.45, 2.75) is 12.2 Å². The number of anilines is 1. The minimum absolute atomic E-state index is 0.0990. The molecular formula is C28H28N4O3S2. The SMILES string of the molecule is COCCNC(=O)CN1C(=O)CS[C@H](c2ccsc2)c2c(-c3ccccc3)nn(-c3ccc(C)cc3)c21. The molecule has 0 aliphatic carbocycles. The van der Waals surface area contributed by atoms with Crippen LogP contribution in [0.1, 0.15) is 21.9 Å². The molecule has 0 unspecified atom stereocenters. The van der Waals surface area contributed by atoms with Gasteiger partial charge in [-0.25, -0.2) is 4.68 Å². The molecule has 0 bridgehead atoms. The molecule has 2 amide bonds. The number of hydrogen-bond acceptors (Lipinski definition) is 6. The van der Waals surface area contributed by atoms with E-state index in [9.17, 15) is 9.59 Å². The Hall–Kier alpha value is -3.40. The molecule has 1 aliphatic rings. The first-order valence-electron chi connectivity index (χ1n) is 12.0. The van der Waals surface area contributed by atoms with E-state index >= 15 is 0 Å². The second kappa shape index (κ2) is 11.3. The lowest BCUT2D eigenvalue weighted by Gasteiger charge is -2.23. The van der Waals surface area contributed by atoms with Gasteiger partial charge in [-0.1, -0.05) is 48.0 Å². The molecule has 1 atom stereocenters. The van der Waals surface area contributed by atoms with Gasteiger partial charge in [-0.15, -0.1) is 11.8 Å². The Morgan fingerprint density at radius 2 is 1.92 bits per heavy atom. The monoisotopic (exact) mass is 532 g/mol. The van der Waals surface area contributed by atoms with Gasteiger partial charge in [0.15, 0.2) is 0 Å². The summed E-state index contributed by atoms with van der Waals surface area (Å²) in [6, 6.07) is 20.2. The maximum atomic E-state index is 13.6. The molecule has 0 fully saturated rings. The number of aromatic nitrogens is 2. The summed E-state index contributed by atoms with van der Waals surface area (Å²) in [6.07, 6.45) is 0. The third-order valence-electron chi connectivity index (χ3n) is 6.19. The van der Waals surface area contributed by atoms with Gasteiger partial charge < -0.3 is 10.1 Å². The molecule has 4 aromatic rings. The molecule has 37 heavy (non-hydrogen) atoms. The normalized spacial score (nSPS) is 15.4. The predicted octanol–water partition coefficient (Wildman–Crippen LogP) is 4.84. The van der Waals surface area contributed by atoms with Crippen LogP contribution in [0.25, 0.3) is 16.9 Å². The summed E-state index contributed by atoms with van der Waals surface area (Å²) in [4.78, 5) is 28.1. The molecule has 1 N–H and O–H groups in total. The van der Waals surface area contributed by atoms with Crippen LogP contribution in [-0.2, 0) is 14.3 Å². The van der Waals surface area contributed by atoms with Crippen molar-refractivity contribution in [2.75, 3.05) is 37.5 Å². The standard InChI is InChI=1S/C28H28N4O3S2/c1-19-8-10-22(11-9-19)32-28-25(26(30-32)20-6-4-3-5-7-20)27(21-12-15-36-17-21)37-18-24(34)31(28)16-23(33)29-13-14-35-2/h3-12,15,17,27H,13-14,16,18H2,1-2H3,(H,29,33)/t27-/m1/s1. The highest BCUT2D eigenvalue weighted by Gasteiger charge is 2.37. The highest BCUT2D eigenvalue weighted by molar-refractivity contribution is 8.00. The molecular weight excluding hydrogens is 504 g/mol. The summed E-state index contributed by atoms with van der Waals surface area (Å²) in [5.74, 6) is 0.519. The minimum atomic E-state index is -0.242. The van der Waals surface area contributed by atoms with Gasteiger partial charge in [-0.3, -0.25) is 14.5 Å². The summed E-state index contributed by atoms with van der Waals surface area (Å²) < 4.78 is 6.88. The summed E-state index contributed by atoms with van der Waals surface area (Å²) in [6.45, 7) is 2.72. The van der Waals surface area contributed by atoms with Crippen LogP contribution in [0.4, 0.5) is 5.82 Å². The number of amides is 2. The summed E-state index contributed by atoms with van der Waals surface area (Å²) >= 11 is 3.20. The third kappa shape index (κ3) is 5.34. The quantitative estimate of drug-likeness (QED) is 0.329. The number of fused-ring (bicyclic) bond motifs is 1. The second-order valence-electron chi connectivity index (χ2n) is 8.77. The fourth-order valence-electron chi connectivity index (χ4n) is 4.37. The van der Waals surface area contributed by atoms with Gasteiger partial charge in [0.25, 0.3) is 0 Å². The number of nitrogens with one attached hydrogen (secondary N) is 1. The van der Waals surface area contributed by atoms with Crippen molar-refractivity contribution in [3.05, 3.63) is 88.1 Å². The maximum absolute atomic E-state index is 13.6. The van der Waals surface area contributed by atoms with Crippen LogP contribution in [0, 0.1) is 6.92 Å². The topological polar surface area (TPSA) is 76.5 Å². The average Bonchev–Trinajstić information content (AvgIpc) is 3.55. The smallest absolute Gasteiger partial charge is 0.240 e. The van der Waals surface area contributed by atoms with Crippen LogP contribution < -0.4 is 10.2 Å². The zero-order valence-corrected chi connectivity index (χ0v) is 22.3. The molecule has 5 rings (SSSR count). The lowest BCUT2D eigenvalue weighted by atomic mass is 10.0. The highest BCUT2D eigenvalue weighted by atomic mass is 32.2. The number of carbonyl (C=O) groups is 2. The van der Waals surface area contributed by atoms with Crippen LogP contribution in [0.2, 0.25) is 0 Å². The lowest BCUT2D eigenvalue weighted by molar-refractivity contribution is -0.123. The van der Waals surface area contributed by atoms with E-state index in [1.807, 2.05) is 66.2 Å². The van der Waals surface area contributed by atoms with Gasteiger partial charge in [-0.05, 0) is 41.4 Å². The van der Waals surface area contributed by atoms with E-state index in [4.69, 9.17) is 9.84 Å². The molecule has 0 saturated heterocycles. The van der Waals surface area contributed by atoms with Crippen molar-refractivity contribution >= 4 is 40.7 Å². The zero-order chi connectivity index (χ0) is 25.8. The Labute approximate surface area is 224 Å². The molecule has 2 aromatic carbocycles. The van der Waals surface area contributed by atoms with Crippen LogP contribution in [0.5, 0.6) is 0 Å². The van der Waals surface area contributed by atoms with Crippen LogP contribution >= 0.6 is 23.1 Å². The molecule has 2 aromatic heterocycles. The number of nitrogens with zero attached hydrogens (tertiary/aromatic N) is 3. The van der Waals surface area contributed by atoms with Gasteiger partial charge in [0.1, 0.15) is 12.4 Å². The number of thiophene rings is 1. The van der Waals surface area contributed by atoms with Crippen molar-refractivity contribution in [3.8, 4) is 16.9 Å². The molecule has 0 radical (unpaired) electrons. The first-order valence-corrected chi connectivity index (χ1v) is 14.0. The van der Waals surface area contributed by atoms with E-state index < -0.39 is 0 Å². The average molecular weight is 533 g/mol. The van der Waals surface area contributed by atoms with E-state index in [0.717, 1.165) is 33.6 Å². The Morgan fingerprint density at radius 1 is 1.14 bits per heavy atom. The number of methoxy groups -OCH3 is 1. The molecule has 9 heteroatoms. The number of hydrogen-bond donors (Lipinski definition) is 1. The van der Waals surface area contributed by atoms with E-state index in [1.54, 1.807) is 35.1 Å². The maximum Gasteiger partial charge on any atom is 0.240 e. The van der Waals surface area contributed by atoms with E-state index in [1.165, 1.54) is 0 Å². The van der Waals surface area contributed by atoms with Gasteiger partial charge in [0.05, 0.1) is 29.0 Å². The Bertz CT molecular complexity index is 1370. The molecule has 1 aliphatic heterocycles.